The number of benzene rings is 3. The van der Waals surface area contributed by atoms with E-state index in [0.29, 0.717) is 17.7 Å². The van der Waals surface area contributed by atoms with Gasteiger partial charge in [-0.1, -0.05) is 78.4 Å². The molecule has 3 aromatic rings. The molecule has 0 spiro atoms. The Morgan fingerprint density at radius 2 is 1.50 bits per heavy atom. The molecule has 3 aromatic carbocycles. The number of rotatable bonds is 8. The van der Waals surface area contributed by atoms with E-state index in [1.807, 2.05) is 26.0 Å². The molecule has 1 saturated heterocycles. The Bertz CT molecular complexity index is 1150. The van der Waals surface area contributed by atoms with Crippen molar-refractivity contribution in [3.8, 4) is 5.75 Å². The van der Waals surface area contributed by atoms with E-state index < -0.39 is 6.10 Å². The van der Waals surface area contributed by atoms with Crippen LogP contribution in [-0.4, -0.2) is 35.6 Å². The van der Waals surface area contributed by atoms with Crippen molar-refractivity contribution in [1.82, 2.24) is 4.90 Å². The molecule has 1 fully saturated rings. The van der Waals surface area contributed by atoms with Crippen molar-refractivity contribution in [1.29, 1.82) is 0 Å². The van der Waals surface area contributed by atoms with Crippen LogP contribution in [0.3, 0.4) is 0 Å². The minimum Gasteiger partial charge on any atom is -0.426 e. The van der Waals surface area contributed by atoms with Crippen molar-refractivity contribution < 1.29 is 14.6 Å². The first kappa shape index (κ1) is 25.9. The lowest BCUT2D eigenvalue weighted by atomic mass is 9.88. The number of aliphatic hydroxyl groups excluding tert-OH is 1. The van der Waals surface area contributed by atoms with Crippen molar-refractivity contribution in [3.63, 3.8) is 0 Å². The van der Waals surface area contributed by atoms with E-state index in [9.17, 15) is 9.90 Å². The van der Waals surface area contributed by atoms with Crippen molar-refractivity contribution in [3.05, 3.63) is 106 Å². The summed E-state index contributed by atoms with van der Waals surface area (Å²) in [6.45, 7) is 8.32. The summed E-state index contributed by atoms with van der Waals surface area (Å²) in [5, 5.41) is 10.9. The molecule has 0 aromatic heterocycles. The van der Waals surface area contributed by atoms with Gasteiger partial charge in [-0.25, -0.2) is 0 Å². The lowest BCUT2D eigenvalue weighted by molar-refractivity contribution is -0.132. The molecular weight excluding hydrogens is 446 g/mol. The number of esters is 1. The van der Waals surface area contributed by atoms with Crippen LogP contribution in [0.1, 0.15) is 66.5 Å². The smallest absolute Gasteiger partial charge is 0.308 e. The highest BCUT2D eigenvalue weighted by molar-refractivity contribution is 5.82. The lowest BCUT2D eigenvalue weighted by Gasteiger charge is -2.30. The standard InChI is InChI=1S/C32H37NO3/c1-23-16-17-29(32(24(23)2)36-25(3)34)30(35)15-10-20-33-21-18-28(19-22-33)31(26-11-6-4-7-12-26)27-13-8-5-9-14-27/h4-9,11-14,16-17,30,35H,10,15,18-22H2,1-3H3. The van der Waals surface area contributed by atoms with Gasteiger partial charge >= 0.3 is 5.97 Å². The zero-order chi connectivity index (χ0) is 25.5. The van der Waals surface area contributed by atoms with E-state index in [1.54, 1.807) is 0 Å². The molecule has 4 nitrogen and oxygen atoms in total. The minimum absolute atomic E-state index is 0.361. The van der Waals surface area contributed by atoms with Gasteiger partial charge in [-0.15, -0.1) is 0 Å². The van der Waals surface area contributed by atoms with E-state index in [0.717, 1.165) is 50.0 Å². The van der Waals surface area contributed by atoms with Gasteiger partial charge in [0.2, 0.25) is 0 Å². The fourth-order valence-corrected chi connectivity index (χ4v) is 5.10. The first-order valence-corrected chi connectivity index (χ1v) is 13.0. The molecule has 1 aliphatic rings. The quantitative estimate of drug-likeness (QED) is 0.288. The summed E-state index contributed by atoms with van der Waals surface area (Å²) in [7, 11) is 0. The number of piperidine rings is 1. The van der Waals surface area contributed by atoms with E-state index in [4.69, 9.17) is 4.74 Å². The summed E-state index contributed by atoms with van der Waals surface area (Å²) in [5.74, 6) is 0.150. The average Bonchev–Trinajstić information content (AvgIpc) is 2.89. The number of carbonyl (C=O) groups is 1. The highest BCUT2D eigenvalue weighted by Crippen LogP contribution is 2.34. The summed E-state index contributed by atoms with van der Waals surface area (Å²) < 4.78 is 5.47. The molecule has 1 aliphatic heterocycles. The van der Waals surface area contributed by atoms with Gasteiger partial charge in [-0.05, 0) is 73.9 Å². The number of nitrogens with zero attached hydrogens (tertiary/aromatic N) is 1. The fraction of sp³-hybridized carbons (Fsp3) is 0.344. The lowest BCUT2D eigenvalue weighted by Crippen LogP contribution is -2.32. The van der Waals surface area contributed by atoms with Crippen molar-refractivity contribution in [2.75, 3.05) is 19.6 Å². The zero-order valence-corrected chi connectivity index (χ0v) is 21.7. The van der Waals surface area contributed by atoms with Crippen molar-refractivity contribution in [2.45, 2.75) is 52.6 Å². The molecule has 4 heteroatoms. The predicted octanol–water partition coefficient (Wildman–Crippen LogP) is 6.64. The maximum atomic E-state index is 11.6. The second kappa shape index (κ2) is 12.2. The summed E-state index contributed by atoms with van der Waals surface area (Å²) in [4.78, 5) is 14.1. The summed E-state index contributed by atoms with van der Waals surface area (Å²) in [6.07, 6.45) is 2.97. The number of aryl methyl sites for hydroxylation is 1. The van der Waals surface area contributed by atoms with Crippen LogP contribution in [0.2, 0.25) is 0 Å². The topological polar surface area (TPSA) is 49.8 Å². The highest BCUT2D eigenvalue weighted by atomic mass is 16.5. The van der Waals surface area contributed by atoms with Gasteiger partial charge in [-0.3, -0.25) is 4.79 Å². The van der Waals surface area contributed by atoms with E-state index in [1.165, 1.54) is 29.2 Å². The number of ether oxygens (including phenoxy) is 1. The van der Waals surface area contributed by atoms with Crippen LogP contribution >= 0.6 is 0 Å². The van der Waals surface area contributed by atoms with Crippen molar-refractivity contribution >= 4 is 11.5 Å². The van der Waals surface area contributed by atoms with E-state index >= 15 is 0 Å². The van der Waals surface area contributed by atoms with Crippen LogP contribution in [-0.2, 0) is 4.79 Å². The van der Waals surface area contributed by atoms with Crippen LogP contribution in [0, 0.1) is 13.8 Å². The summed E-state index contributed by atoms with van der Waals surface area (Å²) in [5.41, 5.74) is 8.12. The van der Waals surface area contributed by atoms with Crippen LogP contribution in [0.4, 0.5) is 0 Å². The van der Waals surface area contributed by atoms with Crippen LogP contribution in [0.25, 0.3) is 5.57 Å². The maximum absolute atomic E-state index is 11.6. The van der Waals surface area contributed by atoms with Crippen LogP contribution in [0.15, 0.2) is 78.4 Å². The van der Waals surface area contributed by atoms with Gasteiger partial charge in [0.1, 0.15) is 5.75 Å². The molecule has 1 atom stereocenters. The molecule has 188 valence electrons. The average molecular weight is 484 g/mol. The molecule has 1 N–H and O–H groups in total. The molecule has 1 heterocycles. The number of hydrogen-bond acceptors (Lipinski definition) is 4. The Labute approximate surface area is 215 Å². The number of likely N-dealkylation sites (tertiary alicyclic amines) is 1. The molecule has 0 bridgehead atoms. The van der Waals surface area contributed by atoms with Crippen LogP contribution in [0.5, 0.6) is 5.75 Å². The van der Waals surface area contributed by atoms with E-state index in [2.05, 4.69) is 65.6 Å². The monoisotopic (exact) mass is 483 g/mol. The van der Waals surface area contributed by atoms with Crippen molar-refractivity contribution in [2.24, 2.45) is 0 Å². The third-order valence-electron chi connectivity index (χ3n) is 7.20. The molecule has 0 amide bonds. The Balaban J connectivity index is 1.38. The van der Waals surface area contributed by atoms with Gasteiger partial charge in [0.15, 0.2) is 0 Å². The molecular formula is C32H37NO3. The summed E-state index contributed by atoms with van der Waals surface area (Å²) in [6, 6.07) is 25.3. The molecule has 1 unspecified atom stereocenters. The first-order chi connectivity index (χ1) is 17.4. The first-order valence-electron chi connectivity index (χ1n) is 13.0. The minimum atomic E-state index is -0.651. The largest absolute Gasteiger partial charge is 0.426 e. The third-order valence-corrected chi connectivity index (χ3v) is 7.20. The second-order valence-corrected chi connectivity index (χ2v) is 9.73. The SMILES string of the molecule is CC(=O)Oc1c(C(O)CCCN2CCC(=C(c3ccccc3)c3ccccc3)CC2)ccc(C)c1C. The molecule has 4 rings (SSSR count). The van der Waals surface area contributed by atoms with Gasteiger partial charge in [-0.2, -0.15) is 0 Å². The number of carbonyl (C=O) groups excluding carboxylic acids is 1. The Kier molecular flexibility index (Phi) is 8.74. The van der Waals surface area contributed by atoms with E-state index in [-0.39, 0.29) is 5.97 Å². The fourth-order valence-electron chi connectivity index (χ4n) is 5.10. The molecule has 0 aliphatic carbocycles. The molecule has 36 heavy (non-hydrogen) atoms. The predicted molar refractivity (Wildman–Crippen MR) is 146 cm³/mol. The van der Waals surface area contributed by atoms with Gasteiger partial charge in [0.25, 0.3) is 0 Å². The van der Waals surface area contributed by atoms with Gasteiger partial charge in [0.05, 0.1) is 6.10 Å². The number of aliphatic hydroxyl groups is 1. The van der Waals surface area contributed by atoms with Crippen LogP contribution < -0.4 is 4.74 Å². The zero-order valence-electron chi connectivity index (χ0n) is 21.7. The Morgan fingerprint density at radius 3 is 2.06 bits per heavy atom. The second-order valence-electron chi connectivity index (χ2n) is 9.73. The third kappa shape index (κ3) is 6.31. The number of hydrogen-bond donors (Lipinski definition) is 1. The maximum Gasteiger partial charge on any atom is 0.308 e. The van der Waals surface area contributed by atoms with Gasteiger partial charge < -0.3 is 14.7 Å². The molecule has 0 radical (unpaired) electrons. The normalized spacial score (nSPS) is 14.9. The summed E-state index contributed by atoms with van der Waals surface area (Å²) >= 11 is 0. The molecule has 0 saturated carbocycles. The Morgan fingerprint density at radius 1 is 0.917 bits per heavy atom. The highest BCUT2D eigenvalue weighted by Gasteiger charge is 2.21. The van der Waals surface area contributed by atoms with Gasteiger partial charge in [0, 0.05) is 25.6 Å². The Hall–Kier alpha value is -3.21.